The molecule has 20 heavy (non-hydrogen) atoms. The zero-order valence-electron chi connectivity index (χ0n) is 12.7. The van der Waals surface area contributed by atoms with Crippen LogP contribution in [0.2, 0.25) is 0 Å². The predicted molar refractivity (Wildman–Crippen MR) is 82.2 cm³/mol. The monoisotopic (exact) mass is 278 g/mol. The van der Waals surface area contributed by atoms with Crippen LogP contribution in [0.25, 0.3) is 0 Å². The van der Waals surface area contributed by atoms with E-state index < -0.39 is 0 Å². The van der Waals surface area contributed by atoms with Gasteiger partial charge >= 0.3 is 0 Å². The zero-order valence-corrected chi connectivity index (χ0v) is 12.7. The third-order valence-electron chi connectivity index (χ3n) is 4.41. The van der Waals surface area contributed by atoms with Crippen LogP contribution < -0.4 is 5.32 Å². The first-order valence-electron chi connectivity index (χ1n) is 7.82. The Morgan fingerprint density at radius 2 is 2.00 bits per heavy atom. The molecule has 2 rings (SSSR count). The minimum atomic E-state index is -0.104. The number of likely N-dealkylation sites (N-methyl/N-ethyl adjacent to an activating group) is 1. The van der Waals surface area contributed by atoms with Crippen LogP contribution >= 0.6 is 0 Å². The largest absolute Gasteiger partial charge is 0.312 e. The van der Waals surface area contributed by atoms with E-state index in [1.807, 2.05) is 12.1 Å². The highest BCUT2D eigenvalue weighted by Crippen LogP contribution is 2.23. The minimum absolute atomic E-state index is 0.104. The number of nitrogens with one attached hydrogen (secondary N) is 1. The van der Waals surface area contributed by atoms with E-state index >= 15 is 0 Å². The fraction of sp³-hybridized carbons (Fsp3) is 0.647. The van der Waals surface area contributed by atoms with Gasteiger partial charge in [-0.25, -0.2) is 4.39 Å². The summed E-state index contributed by atoms with van der Waals surface area (Å²) in [5.74, 6) is 0.689. The molecule has 1 aromatic carbocycles. The molecule has 2 unspecified atom stereocenters. The molecule has 3 heteroatoms. The summed E-state index contributed by atoms with van der Waals surface area (Å²) < 4.78 is 13.6. The highest BCUT2D eigenvalue weighted by atomic mass is 19.1. The Kier molecular flexibility index (Phi) is 5.99. The quantitative estimate of drug-likeness (QED) is 0.857. The van der Waals surface area contributed by atoms with Gasteiger partial charge in [-0.2, -0.15) is 0 Å². The minimum Gasteiger partial charge on any atom is -0.312 e. The van der Waals surface area contributed by atoms with Crippen LogP contribution in [0.4, 0.5) is 4.39 Å². The summed E-state index contributed by atoms with van der Waals surface area (Å²) >= 11 is 0. The highest BCUT2D eigenvalue weighted by molar-refractivity contribution is 5.16. The van der Waals surface area contributed by atoms with E-state index in [4.69, 9.17) is 0 Å². The smallest absolute Gasteiger partial charge is 0.127 e. The molecular weight excluding hydrogens is 251 g/mol. The van der Waals surface area contributed by atoms with Crippen LogP contribution in [0.1, 0.15) is 38.2 Å². The van der Waals surface area contributed by atoms with Crippen molar-refractivity contribution in [3.63, 3.8) is 0 Å². The predicted octanol–water partition coefficient (Wildman–Crippen LogP) is 3.43. The summed E-state index contributed by atoms with van der Waals surface area (Å²) in [7, 11) is 2.05. The molecule has 0 bridgehead atoms. The summed E-state index contributed by atoms with van der Waals surface area (Å²) in [6.07, 6.45) is 5.39. The first kappa shape index (κ1) is 15.5. The van der Waals surface area contributed by atoms with Crippen LogP contribution in [-0.2, 0) is 6.54 Å². The SMILES string of the molecule is CC1CCCCC1NCCN(C)Cc1ccccc1F. The van der Waals surface area contributed by atoms with E-state index in [0.29, 0.717) is 12.6 Å². The molecule has 2 atom stereocenters. The molecule has 0 aliphatic heterocycles. The van der Waals surface area contributed by atoms with Crippen LogP contribution in [0.5, 0.6) is 0 Å². The summed E-state index contributed by atoms with van der Waals surface area (Å²) in [6.45, 7) is 4.96. The molecular formula is C17H27FN2. The molecule has 1 fully saturated rings. The van der Waals surface area contributed by atoms with Crippen LogP contribution in [0.3, 0.4) is 0 Å². The van der Waals surface area contributed by atoms with Gasteiger partial charge in [0.2, 0.25) is 0 Å². The van der Waals surface area contributed by atoms with Crippen molar-refractivity contribution in [1.29, 1.82) is 0 Å². The molecule has 0 saturated heterocycles. The van der Waals surface area contributed by atoms with Gasteiger partial charge in [-0.05, 0) is 31.9 Å². The second kappa shape index (κ2) is 7.75. The molecule has 1 N–H and O–H groups in total. The van der Waals surface area contributed by atoms with Crippen molar-refractivity contribution >= 4 is 0 Å². The molecule has 2 nitrogen and oxygen atoms in total. The van der Waals surface area contributed by atoms with Gasteiger partial charge < -0.3 is 10.2 Å². The van der Waals surface area contributed by atoms with E-state index in [-0.39, 0.29) is 5.82 Å². The Bertz CT molecular complexity index is 408. The van der Waals surface area contributed by atoms with Gasteiger partial charge in [-0.1, -0.05) is 38.0 Å². The lowest BCUT2D eigenvalue weighted by Gasteiger charge is -2.30. The van der Waals surface area contributed by atoms with E-state index in [0.717, 1.165) is 24.6 Å². The number of nitrogens with zero attached hydrogens (tertiary/aromatic N) is 1. The van der Waals surface area contributed by atoms with Crippen molar-refractivity contribution in [2.45, 2.75) is 45.2 Å². The van der Waals surface area contributed by atoms with Crippen LogP contribution in [0, 0.1) is 11.7 Å². The van der Waals surface area contributed by atoms with Gasteiger partial charge in [-0.15, -0.1) is 0 Å². The third kappa shape index (κ3) is 4.57. The molecule has 0 amide bonds. The molecule has 112 valence electrons. The number of benzene rings is 1. The average Bonchev–Trinajstić information content (AvgIpc) is 2.43. The second-order valence-electron chi connectivity index (χ2n) is 6.15. The van der Waals surface area contributed by atoms with Crippen molar-refractivity contribution in [2.75, 3.05) is 20.1 Å². The van der Waals surface area contributed by atoms with E-state index in [9.17, 15) is 4.39 Å². The summed E-state index contributed by atoms with van der Waals surface area (Å²) in [5.41, 5.74) is 0.779. The molecule has 1 aromatic rings. The lowest BCUT2D eigenvalue weighted by atomic mass is 9.86. The van der Waals surface area contributed by atoms with Crippen molar-refractivity contribution in [2.24, 2.45) is 5.92 Å². The van der Waals surface area contributed by atoms with Crippen molar-refractivity contribution in [3.05, 3.63) is 35.6 Å². The van der Waals surface area contributed by atoms with Crippen molar-refractivity contribution in [3.8, 4) is 0 Å². The van der Waals surface area contributed by atoms with Gasteiger partial charge in [0.25, 0.3) is 0 Å². The fourth-order valence-electron chi connectivity index (χ4n) is 3.06. The lowest BCUT2D eigenvalue weighted by Crippen LogP contribution is -2.40. The Morgan fingerprint density at radius 1 is 1.25 bits per heavy atom. The number of hydrogen-bond donors (Lipinski definition) is 1. The average molecular weight is 278 g/mol. The van der Waals surface area contributed by atoms with E-state index in [1.54, 1.807) is 6.07 Å². The normalized spacial score (nSPS) is 23.2. The summed E-state index contributed by atoms with van der Waals surface area (Å²) in [4.78, 5) is 2.18. The third-order valence-corrected chi connectivity index (χ3v) is 4.41. The van der Waals surface area contributed by atoms with Crippen molar-refractivity contribution in [1.82, 2.24) is 10.2 Å². The molecule has 0 heterocycles. The van der Waals surface area contributed by atoms with Crippen molar-refractivity contribution < 1.29 is 4.39 Å². The number of halogens is 1. The molecule has 1 aliphatic rings. The van der Waals surface area contributed by atoms with E-state index in [2.05, 4.69) is 24.2 Å². The first-order valence-corrected chi connectivity index (χ1v) is 7.82. The second-order valence-corrected chi connectivity index (χ2v) is 6.15. The molecule has 1 saturated carbocycles. The summed E-state index contributed by atoms with van der Waals surface area (Å²) in [5, 5.41) is 3.67. The Hall–Kier alpha value is -0.930. The van der Waals surface area contributed by atoms with Gasteiger partial charge in [-0.3, -0.25) is 0 Å². The van der Waals surface area contributed by atoms with Gasteiger partial charge in [0.15, 0.2) is 0 Å². The van der Waals surface area contributed by atoms with Gasteiger partial charge in [0.05, 0.1) is 0 Å². The van der Waals surface area contributed by atoms with Crippen LogP contribution in [0.15, 0.2) is 24.3 Å². The fourth-order valence-corrected chi connectivity index (χ4v) is 3.06. The maximum Gasteiger partial charge on any atom is 0.127 e. The maximum absolute atomic E-state index is 13.6. The molecule has 0 spiro atoms. The highest BCUT2D eigenvalue weighted by Gasteiger charge is 2.20. The molecule has 0 aromatic heterocycles. The molecule has 0 radical (unpaired) electrons. The van der Waals surface area contributed by atoms with Gasteiger partial charge in [0.1, 0.15) is 5.82 Å². The lowest BCUT2D eigenvalue weighted by molar-refractivity contribution is 0.257. The maximum atomic E-state index is 13.6. The number of rotatable bonds is 6. The first-order chi connectivity index (χ1) is 9.66. The summed E-state index contributed by atoms with van der Waals surface area (Å²) in [6, 6.07) is 7.71. The van der Waals surface area contributed by atoms with Crippen LogP contribution in [-0.4, -0.2) is 31.1 Å². The standard InChI is InChI=1S/C17H27FN2/c1-14-7-3-6-10-17(14)19-11-12-20(2)13-15-8-4-5-9-16(15)18/h4-5,8-9,14,17,19H,3,6-7,10-13H2,1-2H3. The number of hydrogen-bond acceptors (Lipinski definition) is 2. The Morgan fingerprint density at radius 3 is 2.75 bits per heavy atom. The molecule has 1 aliphatic carbocycles. The van der Waals surface area contributed by atoms with Gasteiger partial charge in [0, 0.05) is 31.2 Å². The Labute approximate surface area is 122 Å². The van der Waals surface area contributed by atoms with E-state index in [1.165, 1.54) is 31.7 Å². The zero-order chi connectivity index (χ0) is 14.4. The topological polar surface area (TPSA) is 15.3 Å². The Balaban J connectivity index is 1.70.